The second-order valence-electron chi connectivity index (χ2n) is 5.37. The smallest absolute Gasteiger partial charge is 0.0620 e. The Balaban J connectivity index is 1.70. The third-order valence-electron chi connectivity index (χ3n) is 3.67. The molecule has 1 N–H and O–H groups in total. The number of hydrogen-bond acceptors (Lipinski definition) is 1. The summed E-state index contributed by atoms with van der Waals surface area (Å²) in [6.45, 7) is 0. The Labute approximate surface area is 133 Å². The maximum atomic E-state index is 10.3. The van der Waals surface area contributed by atoms with Crippen LogP contribution in [0.4, 0.5) is 0 Å². The molecule has 0 amide bonds. The zero-order valence-electron chi connectivity index (χ0n) is 11.7. The van der Waals surface area contributed by atoms with Crippen LogP contribution in [0.3, 0.4) is 0 Å². The Morgan fingerprint density at radius 1 is 0.762 bits per heavy atom. The lowest BCUT2D eigenvalue weighted by Gasteiger charge is -2.11. The molecule has 0 aliphatic rings. The zero-order valence-corrected chi connectivity index (χ0v) is 13.3. The minimum absolute atomic E-state index is 0.354. The summed E-state index contributed by atoms with van der Waals surface area (Å²) in [7, 11) is 0. The summed E-state index contributed by atoms with van der Waals surface area (Å²) in [4.78, 5) is 0. The van der Waals surface area contributed by atoms with Gasteiger partial charge < -0.3 is 5.11 Å². The highest BCUT2D eigenvalue weighted by atomic mass is 79.9. The molecular formula is C19H17BrO. The van der Waals surface area contributed by atoms with Gasteiger partial charge in [0.05, 0.1) is 6.10 Å². The normalized spacial score (nSPS) is 12.5. The van der Waals surface area contributed by atoms with Gasteiger partial charge in [-0.3, -0.25) is 0 Å². The molecule has 3 aromatic carbocycles. The van der Waals surface area contributed by atoms with Crippen molar-refractivity contribution in [1.29, 1.82) is 0 Å². The van der Waals surface area contributed by atoms with Gasteiger partial charge in [-0.25, -0.2) is 0 Å². The molecule has 0 saturated heterocycles. The predicted molar refractivity (Wildman–Crippen MR) is 91.5 cm³/mol. The van der Waals surface area contributed by atoms with Crippen LogP contribution in [-0.4, -0.2) is 11.2 Å². The first-order chi connectivity index (χ1) is 10.2. The average Bonchev–Trinajstić information content (AvgIpc) is 2.49. The Kier molecular flexibility index (Phi) is 4.37. The monoisotopic (exact) mass is 340 g/mol. The molecule has 1 nitrogen and oxygen atoms in total. The SMILES string of the molecule is OC(Cc1ccc(Br)cc1)Cc1ccc2ccccc2c1. The van der Waals surface area contributed by atoms with Crippen molar-refractivity contribution in [3.8, 4) is 0 Å². The summed E-state index contributed by atoms with van der Waals surface area (Å²) in [6, 6.07) is 22.8. The molecule has 0 radical (unpaired) electrons. The van der Waals surface area contributed by atoms with E-state index in [1.165, 1.54) is 16.3 Å². The molecule has 3 aromatic rings. The molecule has 0 aliphatic heterocycles. The molecule has 0 saturated carbocycles. The summed E-state index contributed by atoms with van der Waals surface area (Å²) in [5.74, 6) is 0. The fraction of sp³-hybridized carbons (Fsp3) is 0.158. The molecule has 21 heavy (non-hydrogen) atoms. The standard InChI is InChI=1S/C19H17BrO/c20-18-9-6-14(7-10-18)12-19(21)13-15-5-8-16-3-1-2-4-17(16)11-15/h1-11,19,21H,12-13H2. The highest BCUT2D eigenvalue weighted by Gasteiger charge is 2.07. The largest absolute Gasteiger partial charge is 0.392 e. The van der Waals surface area contributed by atoms with Crippen LogP contribution >= 0.6 is 15.9 Å². The summed E-state index contributed by atoms with van der Waals surface area (Å²) in [5.41, 5.74) is 2.34. The van der Waals surface area contributed by atoms with E-state index in [0.717, 1.165) is 10.0 Å². The molecule has 0 fully saturated rings. The molecule has 1 atom stereocenters. The summed E-state index contributed by atoms with van der Waals surface area (Å²) < 4.78 is 1.07. The van der Waals surface area contributed by atoms with Crippen LogP contribution in [-0.2, 0) is 12.8 Å². The van der Waals surface area contributed by atoms with Gasteiger partial charge >= 0.3 is 0 Å². The zero-order chi connectivity index (χ0) is 14.7. The number of benzene rings is 3. The second-order valence-corrected chi connectivity index (χ2v) is 6.29. The minimum Gasteiger partial charge on any atom is -0.392 e. The number of hydrogen-bond donors (Lipinski definition) is 1. The lowest BCUT2D eigenvalue weighted by atomic mass is 9.99. The number of rotatable bonds is 4. The number of fused-ring (bicyclic) bond motifs is 1. The molecule has 1 unspecified atom stereocenters. The molecule has 0 aromatic heterocycles. The molecule has 0 aliphatic carbocycles. The third-order valence-corrected chi connectivity index (χ3v) is 4.20. The van der Waals surface area contributed by atoms with E-state index < -0.39 is 0 Å². The van der Waals surface area contributed by atoms with Gasteiger partial charge in [0.2, 0.25) is 0 Å². The van der Waals surface area contributed by atoms with E-state index in [4.69, 9.17) is 0 Å². The minimum atomic E-state index is -0.354. The fourth-order valence-corrected chi connectivity index (χ4v) is 2.87. The van der Waals surface area contributed by atoms with Gasteiger partial charge in [-0.1, -0.05) is 70.5 Å². The summed E-state index contributed by atoms with van der Waals surface area (Å²) in [6.07, 6.45) is 1.01. The Hall–Kier alpha value is -1.64. The van der Waals surface area contributed by atoms with Crippen molar-refractivity contribution in [1.82, 2.24) is 0 Å². The van der Waals surface area contributed by atoms with Crippen LogP contribution < -0.4 is 0 Å². The number of aliphatic hydroxyl groups excluding tert-OH is 1. The van der Waals surface area contributed by atoms with E-state index in [2.05, 4.69) is 46.3 Å². The van der Waals surface area contributed by atoms with Gasteiger partial charge in [0.1, 0.15) is 0 Å². The van der Waals surface area contributed by atoms with Crippen LogP contribution in [0, 0.1) is 0 Å². The molecule has 0 bridgehead atoms. The maximum absolute atomic E-state index is 10.3. The van der Waals surface area contributed by atoms with Crippen LogP contribution in [0.15, 0.2) is 71.2 Å². The Morgan fingerprint density at radius 2 is 1.38 bits per heavy atom. The van der Waals surface area contributed by atoms with Crippen molar-refractivity contribution in [2.45, 2.75) is 18.9 Å². The second kappa shape index (κ2) is 6.42. The van der Waals surface area contributed by atoms with Crippen LogP contribution in [0.1, 0.15) is 11.1 Å². The van der Waals surface area contributed by atoms with Gasteiger partial charge in [0.25, 0.3) is 0 Å². The van der Waals surface area contributed by atoms with Crippen molar-refractivity contribution in [3.63, 3.8) is 0 Å². The third kappa shape index (κ3) is 3.72. The molecule has 0 heterocycles. The first kappa shape index (κ1) is 14.3. The van der Waals surface area contributed by atoms with E-state index in [1.54, 1.807) is 0 Å². The van der Waals surface area contributed by atoms with E-state index in [-0.39, 0.29) is 6.10 Å². The Morgan fingerprint density at radius 3 is 2.14 bits per heavy atom. The lowest BCUT2D eigenvalue weighted by molar-refractivity contribution is 0.175. The van der Waals surface area contributed by atoms with E-state index in [0.29, 0.717) is 12.8 Å². The first-order valence-electron chi connectivity index (χ1n) is 7.11. The number of aliphatic hydroxyl groups is 1. The predicted octanol–water partition coefficient (Wildman–Crippen LogP) is 4.75. The van der Waals surface area contributed by atoms with Crippen LogP contribution in [0.2, 0.25) is 0 Å². The van der Waals surface area contributed by atoms with Gasteiger partial charge in [-0.15, -0.1) is 0 Å². The van der Waals surface area contributed by atoms with Gasteiger partial charge in [0, 0.05) is 4.47 Å². The van der Waals surface area contributed by atoms with Crippen LogP contribution in [0.25, 0.3) is 10.8 Å². The first-order valence-corrected chi connectivity index (χ1v) is 7.90. The quantitative estimate of drug-likeness (QED) is 0.726. The fourth-order valence-electron chi connectivity index (χ4n) is 2.60. The number of halogens is 1. The molecule has 3 rings (SSSR count). The van der Waals surface area contributed by atoms with Crippen molar-refractivity contribution < 1.29 is 5.11 Å². The van der Waals surface area contributed by atoms with Crippen molar-refractivity contribution in [2.24, 2.45) is 0 Å². The highest BCUT2D eigenvalue weighted by Crippen LogP contribution is 2.18. The van der Waals surface area contributed by atoms with Crippen molar-refractivity contribution in [3.05, 3.63) is 82.3 Å². The van der Waals surface area contributed by atoms with Gasteiger partial charge in [0.15, 0.2) is 0 Å². The van der Waals surface area contributed by atoms with E-state index in [9.17, 15) is 5.11 Å². The molecule has 106 valence electrons. The highest BCUT2D eigenvalue weighted by molar-refractivity contribution is 9.10. The van der Waals surface area contributed by atoms with E-state index in [1.807, 2.05) is 36.4 Å². The van der Waals surface area contributed by atoms with Crippen LogP contribution in [0.5, 0.6) is 0 Å². The van der Waals surface area contributed by atoms with Gasteiger partial charge in [-0.05, 0) is 46.9 Å². The lowest BCUT2D eigenvalue weighted by Crippen LogP contribution is -2.13. The van der Waals surface area contributed by atoms with E-state index >= 15 is 0 Å². The molecular weight excluding hydrogens is 324 g/mol. The summed E-state index contributed by atoms with van der Waals surface area (Å²) >= 11 is 3.43. The molecule has 0 spiro atoms. The van der Waals surface area contributed by atoms with Crippen molar-refractivity contribution in [2.75, 3.05) is 0 Å². The van der Waals surface area contributed by atoms with Crippen molar-refractivity contribution >= 4 is 26.7 Å². The Bertz CT molecular complexity index is 734. The maximum Gasteiger partial charge on any atom is 0.0620 e. The average molecular weight is 341 g/mol. The van der Waals surface area contributed by atoms with Gasteiger partial charge in [-0.2, -0.15) is 0 Å². The summed E-state index contributed by atoms with van der Waals surface area (Å²) in [5, 5.41) is 12.8. The molecule has 2 heteroatoms. The topological polar surface area (TPSA) is 20.2 Å².